The zero-order chi connectivity index (χ0) is 9.45. The van der Waals surface area contributed by atoms with E-state index in [2.05, 4.69) is 12.6 Å². The van der Waals surface area contributed by atoms with Gasteiger partial charge >= 0.3 is 7.87 Å². The summed E-state index contributed by atoms with van der Waals surface area (Å²) < 4.78 is 10.3. The Hall–Kier alpha value is 0.777. The van der Waals surface area contributed by atoms with Crippen molar-refractivity contribution in [3.8, 4) is 0 Å². The molecule has 0 spiro atoms. The van der Waals surface area contributed by atoms with Crippen LogP contribution in [-0.4, -0.2) is 27.8 Å². The third kappa shape index (κ3) is 5.43. The molecule has 74 valence electrons. The van der Waals surface area contributed by atoms with Crippen LogP contribution in [0, 0.1) is 0 Å². The Kier molecular flexibility index (Phi) is 7.67. The largest absolute Gasteiger partial charge is 0.442 e. The first-order valence-electron chi connectivity index (χ1n) is 4.08. The molecule has 0 aliphatic rings. The van der Waals surface area contributed by atoms with Crippen LogP contribution in [0.25, 0.3) is 0 Å². The molecule has 0 rings (SSSR count). The van der Waals surface area contributed by atoms with E-state index in [1.807, 2.05) is 0 Å². The maximum Gasteiger partial charge on any atom is 0.442 e. The molecular weight excluding hydrogens is 212 g/mol. The fourth-order valence-electron chi connectivity index (χ4n) is 0.912. The minimum Gasteiger partial charge on any atom is -0.386 e. The van der Waals surface area contributed by atoms with E-state index >= 15 is 0 Å². The normalized spacial score (nSPS) is 12.0. The van der Waals surface area contributed by atoms with Crippen LogP contribution in [0.4, 0.5) is 0 Å². The van der Waals surface area contributed by atoms with Crippen LogP contribution in [0.5, 0.6) is 0 Å². The lowest BCUT2D eigenvalue weighted by Gasteiger charge is -2.18. The van der Waals surface area contributed by atoms with Crippen molar-refractivity contribution >= 4 is 31.6 Å². The maximum atomic E-state index is 6.06. The van der Waals surface area contributed by atoms with Gasteiger partial charge in [-0.25, -0.2) is 0 Å². The zero-order valence-corrected chi connectivity index (χ0v) is 10.3. The Bertz CT molecular complexity index is 112. The molecule has 0 atom stereocenters. The topological polar surface area (TPSA) is 18.5 Å². The summed E-state index contributed by atoms with van der Waals surface area (Å²) in [6.45, 7) is 0. The Morgan fingerprint density at radius 1 is 1.17 bits per heavy atom. The van der Waals surface area contributed by atoms with E-state index in [-0.39, 0.29) is 0 Å². The summed E-state index contributed by atoms with van der Waals surface area (Å²) in [5.74, 6) is 0.941. The minimum absolute atomic E-state index is 0.856. The summed E-state index contributed by atoms with van der Waals surface area (Å²) in [5.41, 5.74) is 0. The van der Waals surface area contributed by atoms with Gasteiger partial charge in [0.15, 0.2) is 0 Å². The lowest BCUT2D eigenvalue weighted by Crippen LogP contribution is -2.32. The van der Waals surface area contributed by atoms with E-state index in [1.54, 1.807) is 14.2 Å². The molecule has 0 unspecified atom stereocenters. The number of unbranched alkanes of at least 4 members (excludes halogenated alkanes) is 2. The summed E-state index contributed by atoms with van der Waals surface area (Å²) in [4.78, 5) is 0. The number of thiol groups is 1. The van der Waals surface area contributed by atoms with Gasteiger partial charge in [0.25, 0.3) is 0 Å². The van der Waals surface area contributed by atoms with Crippen molar-refractivity contribution in [2.75, 3.05) is 20.0 Å². The molecule has 0 aromatic rings. The molecule has 0 aliphatic carbocycles. The Morgan fingerprint density at radius 2 is 1.75 bits per heavy atom. The molecule has 0 bridgehead atoms. The zero-order valence-electron chi connectivity index (χ0n) is 7.68. The molecule has 0 saturated carbocycles. The van der Waals surface area contributed by atoms with Gasteiger partial charge in [0.1, 0.15) is 0 Å². The molecule has 0 fully saturated rings. The van der Waals surface area contributed by atoms with E-state index in [0.717, 1.165) is 31.1 Å². The van der Waals surface area contributed by atoms with Gasteiger partial charge in [0.2, 0.25) is 0 Å². The quantitative estimate of drug-likeness (QED) is 0.313. The second kappa shape index (κ2) is 7.21. The van der Waals surface area contributed by atoms with E-state index < -0.39 is 7.87 Å². The monoisotopic (exact) mass is 228 g/mol. The number of rotatable bonds is 7. The van der Waals surface area contributed by atoms with Crippen molar-refractivity contribution in [3.63, 3.8) is 0 Å². The molecule has 12 heavy (non-hydrogen) atoms. The van der Waals surface area contributed by atoms with Gasteiger partial charge in [0.05, 0.1) is 0 Å². The van der Waals surface area contributed by atoms with Crippen LogP contribution in [0.1, 0.15) is 19.3 Å². The number of hydrogen-bond donors (Lipinski definition) is 1. The van der Waals surface area contributed by atoms with Crippen LogP contribution < -0.4 is 0 Å². The van der Waals surface area contributed by atoms with Crippen LogP contribution in [0.3, 0.4) is 0 Å². The smallest absolute Gasteiger partial charge is 0.386 e. The molecule has 0 aromatic carbocycles. The summed E-state index contributed by atoms with van der Waals surface area (Å²) in [5, 5.41) is 0. The fourth-order valence-corrected chi connectivity index (χ4v) is 2.78. The molecule has 2 nitrogen and oxygen atoms in total. The summed E-state index contributed by atoms with van der Waals surface area (Å²) in [7, 11) is 0.925. The lowest BCUT2D eigenvalue weighted by atomic mass is 10.3. The van der Waals surface area contributed by atoms with Crippen molar-refractivity contribution in [1.82, 2.24) is 0 Å². The predicted octanol–water partition coefficient (Wildman–Crippen LogP) is 2.56. The lowest BCUT2D eigenvalue weighted by molar-refractivity contribution is 0.264. The van der Waals surface area contributed by atoms with Crippen LogP contribution in [0.15, 0.2) is 0 Å². The standard InChI is InChI=1S/C7H17ClO2SSi/c1-9-12(8,10-2)7-5-3-4-6-11/h11H,3-7H2,1-2H3. The molecule has 0 heterocycles. The SMILES string of the molecule is CO[Si](Cl)(CCCCCS)OC. The predicted molar refractivity (Wildman–Crippen MR) is 58.1 cm³/mol. The molecule has 0 saturated heterocycles. The van der Waals surface area contributed by atoms with Crippen molar-refractivity contribution in [3.05, 3.63) is 0 Å². The first-order valence-corrected chi connectivity index (χ1v) is 7.75. The summed E-state index contributed by atoms with van der Waals surface area (Å²) in [6.07, 6.45) is 3.35. The molecule has 0 N–H and O–H groups in total. The first-order chi connectivity index (χ1) is 5.68. The highest BCUT2D eigenvalue weighted by atomic mass is 35.6. The minimum atomic E-state index is -2.30. The molecule has 0 amide bonds. The average molecular weight is 229 g/mol. The van der Waals surface area contributed by atoms with Gasteiger partial charge in [-0.05, 0) is 12.2 Å². The number of halogens is 1. The Morgan fingerprint density at radius 3 is 2.17 bits per heavy atom. The molecule has 0 aliphatic heterocycles. The van der Waals surface area contributed by atoms with Crippen LogP contribution in [-0.2, 0) is 8.85 Å². The van der Waals surface area contributed by atoms with E-state index in [1.165, 1.54) is 0 Å². The molecule has 0 radical (unpaired) electrons. The average Bonchev–Trinajstić information content (AvgIpc) is 2.12. The number of hydrogen-bond acceptors (Lipinski definition) is 3. The first kappa shape index (κ1) is 12.8. The second-order valence-corrected chi connectivity index (χ2v) is 7.41. The molecular formula is C7H17ClO2SSi. The third-order valence-electron chi connectivity index (χ3n) is 1.74. The van der Waals surface area contributed by atoms with Crippen LogP contribution >= 0.6 is 23.7 Å². The van der Waals surface area contributed by atoms with Crippen LogP contribution in [0.2, 0.25) is 6.04 Å². The van der Waals surface area contributed by atoms with E-state index in [4.69, 9.17) is 19.9 Å². The Labute approximate surface area is 85.9 Å². The van der Waals surface area contributed by atoms with Gasteiger partial charge in [-0.3, -0.25) is 0 Å². The van der Waals surface area contributed by atoms with Gasteiger partial charge in [-0.2, -0.15) is 12.6 Å². The highest BCUT2D eigenvalue weighted by Gasteiger charge is 2.32. The van der Waals surface area contributed by atoms with Gasteiger partial charge in [-0.15, -0.1) is 0 Å². The van der Waals surface area contributed by atoms with Gasteiger partial charge < -0.3 is 8.85 Å². The summed E-state index contributed by atoms with van der Waals surface area (Å²) in [6, 6.07) is 0.856. The van der Waals surface area contributed by atoms with Crippen molar-refractivity contribution < 1.29 is 8.85 Å². The van der Waals surface area contributed by atoms with E-state index in [9.17, 15) is 0 Å². The highest BCUT2D eigenvalue weighted by molar-refractivity contribution is 7.80. The van der Waals surface area contributed by atoms with Crippen molar-refractivity contribution in [2.45, 2.75) is 25.3 Å². The Balaban J connectivity index is 3.45. The summed E-state index contributed by atoms with van der Waals surface area (Å²) >= 11 is 10.2. The third-order valence-corrected chi connectivity index (χ3v) is 5.72. The van der Waals surface area contributed by atoms with Crippen molar-refractivity contribution in [2.24, 2.45) is 0 Å². The highest BCUT2D eigenvalue weighted by Crippen LogP contribution is 2.20. The van der Waals surface area contributed by atoms with E-state index in [0.29, 0.717) is 0 Å². The van der Waals surface area contributed by atoms with Crippen molar-refractivity contribution in [1.29, 1.82) is 0 Å². The maximum absolute atomic E-state index is 6.06. The van der Waals surface area contributed by atoms with Gasteiger partial charge in [-0.1, -0.05) is 23.9 Å². The van der Waals surface area contributed by atoms with Gasteiger partial charge in [0, 0.05) is 20.3 Å². The second-order valence-electron chi connectivity index (χ2n) is 2.60. The molecule has 0 aromatic heterocycles. The molecule has 5 heteroatoms. The fraction of sp³-hybridized carbons (Fsp3) is 1.00.